The summed E-state index contributed by atoms with van der Waals surface area (Å²) in [5.74, 6) is 0.329. The zero-order chi connectivity index (χ0) is 20.8. The van der Waals surface area contributed by atoms with Gasteiger partial charge in [-0.15, -0.1) is 0 Å². The minimum absolute atomic E-state index is 0.0928. The van der Waals surface area contributed by atoms with E-state index in [2.05, 4.69) is 36.9 Å². The molecule has 4 heterocycles. The van der Waals surface area contributed by atoms with Gasteiger partial charge in [-0.3, -0.25) is 29.5 Å². The summed E-state index contributed by atoms with van der Waals surface area (Å²) in [6, 6.07) is 4.80. The van der Waals surface area contributed by atoms with E-state index < -0.39 is 0 Å². The second kappa shape index (κ2) is 10.1. The van der Waals surface area contributed by atoms with Crippen LogP contribution < -0.4 is 0 Å². The summed E-state index contributed by atoms with van der Waals surface area (Å²) in [6.45, 7) is 5.77. The van der Waals surface area contributed by atoms with E-state index in [1.54, 1.807) is 18.6 Å². The first-order valence-electron chi connectivity index (χ1n) is 11.0. The highest BCUT2D eigenvalue weighted by Crippen LogP contribution is 2.25. The Bertz CT molecular complexity index is 794. The molecule has 2 aromatic heterocycles. The van der Waals surface area contributed by atoms with Gasteiger partial charge in [-0.2, -0.15) is 0 Å². The number of nitrogens with zero attached hydrogens (tertiary/aromatic N) is 6. The van der Waals surface area contributed by atoms with Gasteiger partial charge in [0, 0.05) is 51.0 Å². The van der Waals surface area contributed by atoms with E-state index in [9.17, 15) is 4.79 Å². The molecule has 2 fully saturated rings. The van der Waals surface area contributed by atoms with Gasteiger partial charge >= 0.3 is 0 Å². The Morgan fingerprint density at radius 3 is 2.60 bits per heavy atom. The highest BCUT2D eigenvalue weighted by Gasteiger charge is 2.32. The van der Waals surface area contributed by atoms with Crippen LogP contribution in [0.2, 0.25) is 0 Å². The third kappa shape index (κ3) is 5.40. The quantitative estimate of drug-likeness (QED) is 0.730. The Hall–Kier alpha value is -2.38. The van der Waals surface area contributed by atoms with E-state index in [0.717, 1.165) is 51.3 Å². The van der Waals surface area contributed by atoms with Gasteiger partial charge < -0.3 is 4.90 Å². The third-order valence-electron chi connectivity index (χ3n) is 6.42. The van der Waals surface area contributed by atoms with Crippen LogP contribution in [0.3, 0.4) is 0 Å². The summed E-state index contributed by atoms with van der Waals surface area (Å²) in [4.78, 5) is 32.5. The van der Waals surface area contributed by atoms with Gasteiger partial charge in [0.1, 0.15) is 0 Å². The number of carbonyl (C=O) groups is 1. The van der Waals surface area contributed by atoms with Gasteiger partial charge in [-0.1, -0.05) is 0 Å². The topological polar surface area (TPSA) is 65.5 Å². The Labute approximate surface area is 179 Å². The number of hydrogen-bond acceptors (Lipinski definition) is 6. The number of likely N-dealkylation sites (tertiary alicyclic amines) is 2. The van der Waals surface area contributed by atoms with E-state index in [-0.39, 0.29) is 11.8 Å². The molecule has 7 heteroatoms. The fourth-order valence-electron chi connectivity index (χ4n) is 4.77. The summed E-state index contributed by atoms with van der Waals surface area (Å²) in [5.41, 5.74) is 2.17. The van der Waals surface area contributed by atoms with Crippen LogP contribution in [0.15, 0.2) is 43.1 Å². The van der Waals surface area contributed by atoms with Crippen LogP contribution in [0.1, 0.15) is 36.9 Å². The highest BCUT2D eigenvalue weighted by molar-refractivity contribution is 5.78. The average Bonchev–Trinajstić information content (AvgIpc) is 2.80. The molecule has 0 aliphatic carbocycles. The molecule has 2 aliphatic rings. The zero-order valence-electron chi connectivity index (χ0n) is 17.9. The maximum Gasteiger partial charge on any atom is 0.227 e. The van der Waals surface area contributed by atoms with Crippen LogP contribution >= 0.6 is 0 Å². The molecule has 2 aliphatic heterocycles. The molecule has 0 N–H and O–H groups in total. The molecule has 4 rings (SSSR count). The Morgan fingerprint density at radius 2 is 1.87 bits per heavy atom. The molecule has 2 saturated heterocycles. The highest BCUT2D eigenvalue weighted by atomic mass is 16.2. The van der Waals surface area contributed by atoms with Crippen molar-refractivity contribution in [2.75, 3.05) is 33.2 Å². The minimum Gasteiger partial charge on any atom is -0.340 e. The number of rotatable bonds is 6. The van der Waals surface area contributed by atoms with Crippen molar-refractivity contribution in [1.29, 1.82) is 0 Å². The van der Waals surface area contributed by atoms with Crippen molar-refractivity contribution >= 4 is 5.91 Å². The normalized spacial score (nSPS) is 21.4. The summed E-state index contributed by atoms with van der Waals surface area (Å²) in [6.07, 6.45) is 13.3. The van der Waals surface area contributed by atoms with E-state index in [1.807, 2.05) is 24.3 Å². The molecule has 0 spiro atoms. The van der Waals surface area contributed by atoms with Crippen LogP contribution in [0, 0.1) is 5.92 Å². The van der Waals surface area contributed by atoms with Gasteiger partial charge in [0.15, 0.2) is 0 Å². The molecule has 0 radical (unpaired) electrons. The molecule has 0 aromatic carbocycles. The van der Waals surface area contributed by atoms with E-state index in [1.165, 1.54) is 18.4 Å². The lowest BCUT2D eigenvalue weighted by Gasteiger charge is -2.42. The average molecular weight is 409 g/mol. The standard InChI is InChI=1S/C23H32N6O/c1-27(18-21-15-25-10-11-26-21)23(30)20-3-2-12-29(17-20)22-6-13-28(14-7-22)16-19-4-8-24-9-5-19/h4-5,8-11,15,20,22H,2-3,6-7,12-14,16-18H2,1H3/t20-/m0/s1. The first kappa shape index (κ1) is 20.9. The summed E-state index contributed by atoms with van der Waals surface area (Å²) >= 11 is 0. The van der Waals surface area contributed by atoms with Crippen LogP contribution in [-0.2, 0) is 17.9 Å². The lowest BCUT2D eigenvalue weighted by molar-refractivity contribution is -0.137. The van der Waals surface area contributed by atoms with Crippen molar-refractivity contribution in [1.82, 2.24) is 29.7 Å². The lowest BCUT2D eigenvalue weighted by Crippen LogP contribution is -2.50. The monoisotopic (exact) mass is 408 g/mol. The van der Waals surface area contributed by atoms with Gasteiger partial charge in [-0.25, -0.2) is 0 Å². The SMILES string of the molecule is CN(Cc1cnccn1)C(=O)[C@H]1CCCN(C2CCN(Cc3ccncc3)CC2)C1. The second-order valence-corrected chi connectivity index (χ2v) is 8.59. The summed E-state index contributed by atoms with van der Waals surface area (Å²) < 4.78 is 0. The molecule has 160 valence electrons. The Kier molecular flexibility index (Phi) is 7.02. The molecular weight excluding hydrogens is 376 g/mol. The van der Waals surface area contributed by atoms with Gasteiger partial charge in [0.25, 0.3) is 0 Å². The number of aromatic nitrogens is 3. The van der Waals surface area contributed by atoms with Gasteiger partial charge in [0.05, 0.1) is 24.4 Å². The van der Waals surface area contributed by atoms with Crippen molar-refractivity contribution in [3.8, 4) is 0 Å². The predicted molar refractivity (Wildman–Crippen MR) is 115 cm³/mol. The van der Waals surface area contributed by atoms with Crippen LogP contribution in [0.4, 0.5) is 0 Å². The number of hydrogen-bond donors (Lipinski definition) is 0. The third-order valence-corrected chi connectivity index (χ3v) is 6.42. The first-order valence-corrected chi connectivity index (χ1v) is 11.0. The largest absolute Gasteiger partial charge is 0.340 e. The Balaban J connectivity index is 1.26. The smallest absolute Gasteiger partial charge is 0.227 e. The van der Waals surface area contributed by atoms with Crippen molar-refractivity contribution in [3.63, 3.8) is 0 Å². The number of carbonyl (C=O) groups excluding carboxylic acids is 1. The van der Waals surface area contributed by atoms with Gasteiger partial charge in [0.2, 0.25) is 5.91 Å². The summed E-state index contributed by atoms with van der Waals surface area (Å²) in [5, 5.41) is 0. The van der Waals surface area contributed by atoms with Crippen molar-refractivity contribution in [2.45, 2.75) is 44.8 Å². The molecule has 1 amide bonds. The molecule has 0 bridgehead atoms. The molecule has 2 aromatic rings. The second-order valence-electron chi connectivity index (χ2n) is 8.59. The first-order chi connectivity index (χ1) is 14.7. The molecule has 7 nitrogen and oxygen atoms in total. The molecule has 30 heavy (non-hydrogen) atoms. The minimum atomic E-state index is 0.0928. The van der Waals surface area contributed by atoms with Crippen LogP contribution in [0.25, 0.3) is 0 Å². The maximum atomic E-state index is 13.0. The van der Waals surface area contributed by atoms with Crippen LogP contribution in [-0.4, -0.2) is 74.8 Å². The molecule has 0 unspecified atom stereocenters. The number of amides is 1. The fraction of sp³-hybridized carbons (Fsp3) is 0.565. The van der Waals surface area contributed by atoms with E-state index in [0.29, 0.717) is 12.6 Å². The maximum absolute atomic E-state index is 13.0. The van der Waals surface area contributed by atoms with E-state index in [4.69, 9.17) is 0 Å². The summed E-state index contributed by atoms with van der Waals surface area (Å²) in [7, 11) is 1.88. The molecule has 0 saturated carbocycles. The van der Waals surface area contributed by atoms with E-state index >= 15 is 0 Å². The van der Waals surface area contributed by atoms with Crippen molar-refractivity contribution < 1.29 is 4.79 Å². The lowest BCUT2D eigenvalue weighted by atomic mass is 9.93. The number of piperidine rings is 2. The number of pyridine rings is 1. The molecular formula is C23H32N6O. The van der Waals surface area contributed by atoms with Crippen molar-refractivity contribution in [2.24, 2.45) is 5.92 Å². The van der Waals surface area contributed by atoms with Gasteiger partial charge in [-0.05, 0) is 63.0 Å². The molecule has 1 atom stereocenters. The Morgan fingerprint density at radius 1 is 1.07 bits per heavy atom. The van der Waals surface area contributed by atoms with Crippen molar-refractivity contribution in [3.05, 3.63) is 54.4 Å². The predicted octanol–water partition coefficient (Wildman–Crippen LogP) is 2.21. The fourth-order valence-corrected chi connectivity index (χ4v) is 4.77. The zero-order valence-corrected chi connectivity index (χ0v) is 17.9. The van der Waals surface area contributed by atoms with Crippen LogP contribution in [0.5, 0.6) is 0 Å².